The summed E-state index contributed by atoms with van der Waals surface area (Å²) in [5.41, 5.74) is 18.7. The molecule has 21 rings (SSSR count). The van der Waals surface area contributed by atoms with Crippen molar-refractivity contribution in [2.75, 3.05) is 0 Å². The maximum Gasteiger partial charge on any atom is 0.0733 e. The first-order valence-corrected chi connectivity index (χ1v) is 27.5. The Balaban J connectivity index is 1.05. The second-order valence-corrected chi connectivity index (χ2v) is 27.4. The summed E-state index contributed by atoms with van der Waals surface area (Å²) in [6, 6.07) is 11.9. The van der Waals surface area contributed by atoms with Gasteiger partial charge in [-0.25, -0.2) is 9.97 Å². The molecule has 0 atom stereocenters. The zero-order valence-electron chi connectivity index (χ0n) is 38.4. The zero-order chi connectivity index (χ0) is 41.3. The predicted molar refractivity (Wildman–Crippen MR) is 258 cm³/mol. The van der Waals surface area contributed by atoms with Crippen molar-refractivity contribution in [3.05, 3.63) is 69.8 Å². The van der Waals surface area contributed by atoms with Gasteiger partial charge in [0.15, 0.2) is 0 Å². The fraction of sp³-hybridized carbons (Fsp3) is 0.667. The fourth-order valence-corrected chi connectivity index (χ4v) is 22.9. The van der Waals surface area contributed by atoms with Crippen molar-refractivity contribution in [1.29, 1.82) is 0 Å². The number of aromatic amines is 2. The third-order valence-corrected chi connectivity index (χ3v) is 22.9. The van der Waals surface area contributed by atoms with Crippen LogP contribution in [0.5, 0.6) is 0 Å². The van der Waals surface area contributed by atoms with Crippen LogP contribution in [0.4, 0.5) is 0 Å². The van der Waals surface area contributed by atoms with E-state index in [1.807, 2.05) is 11.1 Å². The summed E-state index contributed by atoms with van der Waals surface area (Å²) in [4.78, 5) is 20.3. The highest BCUT2D eigenvalue weighted by Crippen LogP contribution is 2.71. The number of aromatic nitrogens is 4. The lowest BCUT2D eigenvalue weighted by atomic mass is 9.43. The van der Waals surface area contributed by atoms with Gasteiger partial charge in [-0.2, -0.15) is 0 Å². The molecule has 18 aliphatic rings. The van der Waals surface area contributed by atoms with Crippen LogP contribution >= 0.6 is 0 Å². The van der Waals surface area contributed by atoms with Crippen molar-refractivity contribution in [3.63, 3.8) is 0 Å². The maximum absolute atomic E-state index is 6.26. The average Bonchev–Trinajstić information content (AvgIpc) is 4.04. The molecule has 4 heteroatoms. The van der Waals surface area contributed by atoms with E-state index in [1.54, 1.807) is 16.7 Å². The van der Waals surface area contributed by atoms with Crippen molar-refractivity contribution in [2.24, 2.45) is 76.4 Å². The van der Waals surface area contributed by atoms with Crippen molar-refractivity contribution in [2.45, 2.75) is 170 Å². The minimum Gasteiger partial charge on any atom is -0.355 e. The largest absolute Gasteiger partial charge is 0.355 e. The van der Waals surface area contributed by atoms with Gasteiger partial charge >= 0.3 is 0 Å². The van der Waals surface area contributed by atoms with E-state index in [-0.39, 0.29) is 21.7 Å². The fourth-order valence-electron chi connectivity index (χ4n) is 22.9. The molecule has 0 amide bonds. The van der Waals surface area contributed by atoms with Crippen LogP contribution in [0.1, 0.15) is 194 Å². The maximum atomic E-state index is 6.26. The molecule has 3 aromatic heterocycles. The minimum absolute atomic E-state index is 0.202. The van der Waals surface area contributed by atoms with Crippen LogP contribution in [0.15, 0.2) is 30.3 Å². The number of rotatable bonds is 4. The second kappa shape index (κ2) is 12.4. The van der Waals surface area contributed by atoms with E-state index in [4.69, 9.17) is 15.0 Å². The van der Waals surface area contributed by atoms with E-state index in [0.29, 0.717) is 0 Å². The Kier molecular flexibility index (Phi) is 7.09. The van der Waals surface area contributed by atoms with E-state index < -0.39 is 0 Å². The molecule has 0 radical (unpaired) electrons. The molecule has 16 aliphatic carbocycles. The smallest absolute Gasteiger partial charge is 0.0733 e. The monoisotopic (exact) mass is 847 g/mol. The van der Waals surface area contributed by atoms with Gasteiger partial charge in [-0.1, -0.05) is 0 Å². The minimum atomic E-state index is 0.202. The third-order valence-electron chi connectivity index (χ3n) is 22.9. The van der Waals surface area contributed by atoms with Gasteiger partial charge in [0.1, 0.15) is 0 Å². The van der Waals surface area contributed by atoms with Crippen molar-refractivity contribution < 1.29 is 0 Å². The summed E-state index contributed by atoms with van der Waals surface area (Å²) in [5.74, 6) is 10.9. The highest BCUT2D eigenvalue weighted by Gasteiger charge is 2.61. The molecule has 16 fully saturated rings. The van der Waals surface area contributed by atoms with Crippen LogP contribution in [0.2, 0.25) is 0 Å². The number of hydrogen-bond acceptors (Lipinski definition) is 2. The number of nitrogens with one attached hydrogen (secondary N) is 2. The first-order chi connectivity index (χ1) is 31.3. The van der Waals surface area contributed by atoms with Crippen molar-refractivity contribution >= 4 is 45.9 Å². The molecule has 0 aromatic carbocycles. The van der Waals surface area contributed by atoms with E-state index in [0.717, 1.165) is 87.9 Å². The summed E-state index contributed by atoms with van der Waals surface area (Å²) < 4.78 is 0. The normalized spacial score (nSPS) is 46.8. The summed E-state index contributed by atoms with van der Waals surface area (Å²) in [6.07, 6.45) is 42.3. The molecule has 5 heterocycles. The lowest BCUT2D eigenvalue weighted by molar-refractivity contribution is -0.0183. The van der Waals surface area contributed by atoms with Crippen LogP contribution in [0.3, 0.4) is 0 Å². The van der Waals surface area contributed by atoms with Crippen LogP contribution < -0.4 is 0 Å². The number of H-pyrrole nitrogens is 2. The Bertz CT molecular complexity index is 2640. The van der Waals surface area contributed by atoms with Gasteiger partial charge in [0, 0.05) is 33.0 Å². The van der Waals surface area contributed by atoms with Gasteiger partial charge in [0.2, 0.25) is 0 Å². The molecule has 2 aliphatic heterocycles. The molecule has 64 heavy (non-hydrogen) atoms. The van der Waals surface area contributed by atoms with Crippen LogP contribution in [0, 0.1) is 76.4 Å². The first-order valence-electron chi connectivity index (χ1n) is 27.5. The Morgan fingerprint density at radius 3 is 1.20 bits per heavy atom. The van der Waals surface area contributed by atoms with E-state index in [9.17, 15) is 0 Å². The number of fused-ring (bicyclic) bond motifs is 8. The standard InChI is InChI=1S/C60H70N4/c1-2-47-18-49-19-50(57-21-33-5-34(22-57)7-35(6-33)23-57)55(63-49)54(60-30-42-14-43(31-60)16-44(15-42)32-60)56-53(59-27-39-11-40(28-59)13-41(12-39)29-59)52(58-24-36-8-37(25-58)10-38(9-36)26-58)51(64-56)20-48-4-3-46(62-48)17-45(1)61-47/h1-4,17-20,33-44,61,64H,5-16,21-32H2. The van der Waals surface area contributed by atoms with Gasteiger partial charge in [0.05, 0.1) is 22.8 Å². The summed E-state index contributed by atoms with van der Waals surface area (Å²) in [5, 5.41) is 0. The van der Waals surface area contributed by atoms with Gasteiger partial charge in [-0.3, -0.25) is 0 Å². The molecular weight excluding hydrogens is 777 g/mol. The van der Waals surface area contributed by atoms with E-state index in [1.165, 1.54) is 177 Å². The Morgan fingerprint density at radius 1 is 0.375 bits per heavy atom. The third kappa shape index (κ3) is 5.13. The van der Waals surface area contributed by atoms with E-state index >= 15 is 0 Å². The zero-order valence-corrected chi connectivity index (χ0v) is 38.4. The quantitative estimate of drug-likeness (QED) is 0.215. The van der Waals surface area contributed by atoms with Crippen molar-refractivity contribution in [1.82, 2.24) is 19.9 Å². The molecule has 24 bridgehead atoms. The van der Waals surface area contributed by atoms with Gasteiger partial charge in [-0.15, -0.1) is 0 Å². The molecule has 0 saturated heterocycles. The van der Waals surface area contributed by atoms with E-state index in [2.05, 4.69) is 53.5 Å². The molecule has 4 nitrogen and oxygen atoms in total. The Labute approximate surface area is 380 Å². The SMILES string of the molecule is C1=Cc2cc3[nH]c(c(C45CC6CC(CC(C6)C4)C5)c4nc(cc5ccc(cc1n2)[nH]5)C=C4C12CC4CC(CC(C4)C1)C2)c(C12CC4CC(CC(C4)C1)C2)c3C12CC3CC(CC(C3)C1)C2. The van der Waals surface area contributed by atoms with Gasteiger partial charge < -0.3 is 9.97 Å². The highest BCUT2D eigenvalue weighted by molar-refractivity contribution is 5.92. The molecular formula is C60H70N4. The first kappa shape index (κ1) is 36.7. The number of allylic oxidation sites excluding steroid dienone is 1. The number of nitrogens with zero attached hydrogens (tertiary/aromatic N) is 2. The molecule has 0 unspecified atom stereocenters. The predicted octanol–water partition coefficient (Wildman–Crippen LogP) is 14.6. The number of hydrogen-bond donors (Lipinski definition) is 2. The summed E-state index contributed by atoms with van der Waals surface area (Å²) in [7, 11) is 0. The second-order valence-electron chi connectivity index (χ2n) is 27.4. The summed E-state index contributed by atoms with van der Waals surface area (Å²) >= 11 is 0. The molecule has 2 N–H and O–H groups in total. The topological polar surface area (TPSA) is 57.4 Å². The molecule has 0 spiro atoms. The Morgan fingerprint density at radius 2 is 0.750 bits per heavy atom. The molecule has 330 valence electrons. The molecule has 16 saturated carbocycles. The highest BCUT2D eigenvalue weighted by atomic mass is 14.8. The van der Waals surface area contributed by atoms with Crippen LogP contribution in [-0.2, 0) is 16.2 Å². The average molecular weight is 847 g/mol. The van der Waals surface area contributed by atoms with Gasteiger partial charge in [0.25, 0.3) is 0 Å². The lowest BCUT2D eigenvalue weighted by Crippen LogP contribution is -2.52. The van der Waals surface area contributed by atoms with Gasteiger partial charge in [-0.05, 0) is 307 Å². The molecule has 3 aromatic rings. The van der Waals surface area contributed by atoms with Crippen LogP contribution in [-0.4, -0.2) is 19.9 Å². The Hall–Kier alpha value is -3.40. The van der Waals surface area contributed by atoms with Crippen LogP contribution in [0.25, 0.3) is 45.9 Å². The summed E-state index contributed by atoms with van der Waals surface area (Å²) in [6.45, 7) is 0. The van der Waals surface area contributed by atoms with Crippen molar-refractivity contribution in [3.8, 4) is 0 Å². The lowest BCUT2D eigenvalue weighted by Gasteiger charge is -2.61.